The molecule has 0 amide bonds. The summed E-state index contributed by atoms with van der Waals surface area (Å²) in [5, 5.41) is 4.52. The van der Waals surface area contributed by atoms with Crippen molar-refractivity contribution in [3.8, 4) is 11.3 Å². The van der Waals surface area contributed by atoms with Gasteiger partial charge in [0.2, 0.25) is 0 Å². The van der Waals surface area contributed by atoms with Crippen LogP contribution in [-0.2, 0) is 13.1 Å². The molecule has 2 rings (SSSR count). The molecule has 84 valence electrons. The van der Waals surface area contributed by atoms with Crippen LogP contribution in [0.15, 0.2) is 34.8 Å². The second-order valence-corrected chi connectivity index (χ2v) is 4.46. The quantitative estimate of drug-likeness (QED) is 0.939. The first-order valence-electron chi connectivity index (χ1n) is 5.27. The fourth-order valence-electron chi connectivity index (χ4n) is 1.66. The lowest BCUT2D eigenvalue weighted by molar-refractivity contribution is 0.624. The number of hydrogen-bond donors (Lipinski definition) is 1. The first-order valence-corrected chi connectivity index (χ1v) is 6.06. The lowest BCUT2D eigenvalue weighted by Crippen LogP contribution is -2.06. The monoisotopic (exact) mass is 279 g/mol. The minimum absolute atomic E-state index is 0.525. The molecule has 0 aliphatic carbocycles. The maximum Gasteiger partial charge on any atom is 0.0926 e. The number of aryl methyl sites for hydroxylation is 1. The lowest BCUT2D eigenvalue weighted by Gasteiger charge is -1.99. The molecule has 0 spiro atoms. The van der Waals surface area contributed by atoms with E-state index in [0.29, 0.717) is 6.54 Å². The number of halogens is 1. The minimum atomic E-state index is 0.525. The summed E-state index contributed by atoms with van der Waals surface area (Å²) >= 11 is 3.42. The highest BCUT2D eigenvalue weighted by molar-refractivity contribution is 9.10. The fourth-order valence-corrected chi connectivity index (χ4v) is 1.92. The summed E-state index contributed by atoms with van der Waals surface area (Å²) in [6, 6.07) is 10.2. The third-order valence-corrected chi connectivity index (χ3v) is 3.04. The van der Waals surface area contributed by atoms with Gasteiger partial charge in [0.25, 0.3) is 0 Å². The van der Waals surface area contributed by atoms with E-state index in [9.17, 15) is 0 Å². The summed E-state index contributed by atoms with van der Waals surface area (Å²) in [7, 11) is 0. The molecular weight excluding hydrogens is 266 g/mol. The average Bonchev–Trinajstić information content (AvgIpc) is 2.73. The molecule has 4 heteroatoms. The molecule has 0 bridgehead atoms. The minimum Gasteiger partial charge on any atom is -0.325 e. The third-order valence-electron chi connectivity index (χ3n) is 2.51. The van der Waals surface area contributed by atoms with Gasteiger partial charge in [-0.15, -0.1) is 0 Å². The van der Waals surface area contributed by atoms with E-state index in [0.717, 1.165) is 28.0 Å². The molecule has 0 atom stereocenters. The van der Waals surface area contributed by atoms with E-state index in [4.69, 9.17) is 5.73 Å². The maximum absolute atomic E-state index is 5.67. The van der Waals surface area contributed by atoms with Crippen LogP contribution in [0.1, 0.15) is 12.6 Å². The summed E-state index contributed by atoms with van der Waals surface area (Å²) < 4.78 is 3.02. The van der Waals surface area contributed by atoms with Crippen LogP contribution in [0.4, 0.5) is 0 Å². The Morgan fingerprint density at radius 1 is 1.31 bits per heavy atom. The second kappa shape index (κ2) is 4.80. The second-order valence-electron chi connectivity index (χ2n) is 3.55. The molecule has 1 heterocycles. The van der Waals surface area contributed by atoms with Crippen molar-refractivity contribution in [2.45, 2.75) is 20.0 Å². The third kappa shape index (κ3) is 2.18. The Hall–Kier alpha value is -1.13. The van der Waals surface area contributed by atoms with Gasteiger partial charge in [0, 0.05) is 23.1 Å². The Balaban J connectivity index is 2.40. The zero-order valence-corrected chi connectivity index (χ0v) is 10.7. The van der Waals surface area contributed by atoms with Crippen LogP contribution in [-0.4, -0.2) is 9.78 Å². The maximum atomic E-state index is 5.67. The summed E-state index contributed by atoms with van der Waals surface area (Å²) in [4.78, 5) is 0. The molecule has 2 N–H and O–H groups in total. The number of aromatic nitrogens is 2. The predicted octanol–water partition coefficient (Wildman–Crippen LogP) is 2.79. The van der Waals surface area contributed by atoms with E-state index in [1.165, 1.54) is 0 Å². The Morgan fingerprint density at radius 2 is 2.00 bits per heavy atom. The molecule has 2 aromatic rings. The summed E-state index contributed by atoms with van der Waals surface area (Å²) in [5.74, 6) is 0. The van der Waals surface area contributed by atoms with E-state index in [1.54, 1.807) is 0 Å². The average molecular weight is 280 g/mol. The van der Waals surface area contributed by atoms with Crippen molar-refractivity contribution in [2.75, 3.05) is 0 Å². The van der Waals surface area contributed by atoms with Crippen LogP contribution in [0, 0.1) is 0 Å². The molecule has 1 aromatic carbocycles. The van der Waals surface area contributed by atoms with E-state index < -0.39 is 0 Å². The largest absolute Gasteiger partial charge is 0.325 e. The standard InChI is InChI=1S/C12H14BrN3/c1-2-16-11(8-14)7-12(15-16)9-3-5-10(13)6-4-9/h3-7H,2,8,14H2,1H3. The molecule has 16 heavy (non-hydrogen) atoms. The van der Waals surface area contributed by atoms with Crippen LogP contribution < -0.4 is 5.73 Å². The number of nitrogens with zero attached hydrogens (tertiary/aromatic N) is 2. The molecule has 0 saturated carbocycles. The number of hydrogen-bond acceptors (Lipinski definition) is 2. The van der Waals surface area contributed by atoms with E-state index in [1.807, 2.05) is 35.0 Å². The molecule has 1 aromatic heterocycles. The van der Waals surface area contributed by atoms with Crippen LogP contribution in [0.5, 0.6) is 0 Å². The summed E-state index contributed by atoms with van der Waals surface area (Å²) in [6.45, 7) is 3.44. The van der Waals surface area contributed by atoms with Gasteiger partial charge in [-0.2, -0.15) is 5.10 Å². The molecule has 0 fully saturated rings. The smallest absolute Gasteiger partial charge is 0.0926 e. The van der Waals surface area contributed by atoms with Gasteiger partial charge >= 0.3 is 0 Å². The molecule has 0 aliphatic rings. The van der Waals surface area contributed by atoms with Crippen LogP contribution in [0.2, 0.25) is 0 Å². The molecule has 0 radical (unpaired) electrons. The van der Waals surface area contributed by atoms with Gasteiger partial charge in [-0.25, -0.2) is 0 Å². The van der Waals surface area contributed by atoms with Gasteiger partial charge in [0.1, 0.15) is 0 Å². The first kappa shape index (κ1) is 11.4. The summed E-state index contributed by atoms with van der Waals surface area (Å²) in [6.07, 6.45) is 0. The number of benzene rings is 1. The number of rotatable bonds is 3. The predicted molar refractivity (Wildman–Crippen MR) is 68.9 cm³/mol. The van der Waals surface area contributed by atoms with E-state index in [-0.39, 0.29) is 0 Å². The Kier molecular flexibility index (Phi) is 3.41. The molecule has 0 aliphatic heterocycles. The van der Waals surface area contributed by atoms with Gasteiger partial charge in [-0.05, 0) is 25.1 Å². The first-order chi connectivity index (χ1) is 7.74. The zero-order chi connectivity index (χ0) is 11.5. The fraction of sp³-hybridized carbons (Fsp3) is 0.250. The summed E-state index contributed by atoms with van der Waals surface area (Å²) in [5.41, 5.74) is 8.84. The van der Waals surface area contributed by atoms with Crippen molar-refractivity contribution in [1.82, 2.24) is 9.78 Å². The van der Waals surface area contributed by atoms with Crippen LogP contribution >= 0.6 is 15.9 Å². The van der Waals surface area contributed by atoms with Gasteiger partial charge in [0.15, 0.2) is 0 Å². The molecule has 0 saturated heterocycles. The van der Waals surface area contributed by atoms with Crippen LogP contribution in [0.3, 0.4) is 0 Å². The van der Waals surface area contributed by atoms with Crippen molar-refractivity contribution in [3.05, 3.63) is 40.5 Å². The Labute approximate surface area is 103 Å². The topological polar surface area (TPSA) is 43.8 Å². The van der Waals surface area contributed by atoms with E-state index >= 15 is 0 Å². The molecular formula is C12H14BrN3. The van der Waals surface area contributed by atoms with Gasteiger partial charge in [0.05, 0.1) is 11.4 Å². The molecule has 3 nitrogen and oxygen atoms in total. The Bertz CT molecular complexity index is 452. The van der Waals surface area contributed by atoms with Gasteiger partial charge in [-0.3, -0.25) is 4.68 Å². The highest BCUT2D eigenvalue weighted by Gasteiger charge is 2.06. The van der Waals surface area contributed by atoms with Crippen molar-refractivity contribution in [1.29, 1.82) is 0 Å². The SMILES string of the molecule is CCn1nc(-c2ccc(Br)cc2)cc1CN. The number of nitrogens with two attached hydrogens (primary N) is 1. The lowest BCUT2D eigenvalue weighted by atomic mass is 10.1. The van der Waals surface area contributed by atoms with Crippen molar-refractivity contribution < 1.29 is 0 Å². The van der Waals surface area contributed by atoms with E-state index in [2.05, 4.69) is 28.0 Å². The van der Waals surface area contributed by atoms with Crippen molar-refractivity contribution >= 4 is 15.9 Å². The Morgan fingerprint density at radius 3 is 2.50 bits per heavy atom. The van der Waals surface area contributed by atoms with Crippen molar-refractivity contribution in [2.24, 2.45) is 5.73 Å². The van der Waals surface area contributed by atoms with Gasteiger partial charge in [-0.1, -0.05) is 28.1 Å². The molecule has 0 unspecified atom stereocenters. The van der Waals surface area contributed by atoms with Gasteiger partial charge < -0.3 is 5.73 Å². The normalized spacial score (nSPS) is 10.7. The highest BCUT2D eigenvalue weighted by Crippen LogP contribution is 2.21. The highest BCUT2D eigenvalue weighted by atomic mass is 79.9. The zero-order valence-electron chi connectivity index (χ0n) is 9.15. The van der Waals surface area contributed by atoms with Crippen molar-refractivity contribution in [3.63, 3.8) is 0 Å². The van der Waals surface area contributed by atoms with Crippen LogP contribution in [0.25, 0.3) is 11.3 Å².